The number of halogens is 1. The molecule has 7 heteroatoms. The molecule has 0 aliphatic heterocycles. The van der Waals surface area contributed by atoms with E-state index >= 15 is 0 Å². The van der Waals surface area contributed by atoms with E-state index in [1.807, 2.05) is 0 Å². The van der Waals surface area contributed by atoms with Crippen molar-refractivity contribution in [3.8, 4) is 0 Å². The predicted molar refractivity (Wildman–Crippen MR) is 77.5 cm³/mol. The van der Waals surface area contributed by atoms with Crippen LogP contribution in [0.5, 0.6) is 0 Å². The molecule has 0 amide bonds. The molecule has 2 aromatic carbocycles. The molecule has 0 aliphatic carbocycles. The molecule has 0 saturated heterocycles. The Morgan fingerprint density at radius 3 is 2.36 bits per heavy atom. The average molecular weight is 322 g/mol. The number of rotatable bonds is 4. The van der Waals surface area contributed by atoms with Gasteiger partial charge in [0.1, 0.15) is 5.82 Å². The van der Waals surface area contributed by atoms with Crippen LogP contribution in [0.3, 0.4) is 0 Å². The predicted octanol–water partition coefficient (Wildman–Crippen LogP) is 1.61. The Morgan fingerprint density at radius 2 is 1.73 bits per heavy atom. The second-order valence-electron chi connectivity index (χ2n) is 4.83. The van der Waals surface area contributed by atoms with Crippen LogP contribution in [-0.4, -0.2) is 14.4 Å². The average Bonchev–Trinajstić information content (AvgIpc) is 2.42. The number of hydrogen-bond acceptors (Lipinski definition) is 4. The molecule has 1 N–H and O–H groups in total. The summed E-state index contributed by atoms with van der Waals surface area (Å²) in [4.78, 5) is 10.7. The number of sulfonamides is 1. The summed E-state index contributed by atoms with van der Waals surface area (Å²) in [6.07, 6.45) is 0. The first kappa shape index (κ1) is 16.0. The van der Waals surface area contributed by atoms with E-state index in [2.05, 4.69) is 4.72 Å². The maximum Gasteiger partial charge on any atom is 0.262 e. The Bertz CT molecular complexity index is 847. The third kappa shape index (κ3) is 3.25. The van der Waals surface area contributed by atoms with Gasteiger partial charge in [0, 0.05) is 0 Å². The maximum absolute atomic E-state index is 13.3. The van der Waals surface area contributed by atoms with Gasteiger partial charge in [-0.2, -0.15) is 0 Å². The molecule has 0 saturated carbocycles. The second-order valence-corrected chi connectivity index (χ2v) is 6.48. The first-order chi connectivity index (χ1) is 10.2. The SMILES string of the molecule is Cc1ccc(F)cc1NS(=O)(=O)c1cc(C(=O)[O-])ccc1C. The molecule has 2 rings (SSSR count). The number of aryl methyl sites for hydroxylation is 2. The van der Waals surface area contributed by atoms with Crippen molar-refractivity contribution in [1.82, 2.24) is 0 Å². The summed E-state index contributed by atoms with van der Waals surface area (Å²) in [7, 11) is -4.05. The van der Waals surface area contributed by atoms with Gasteiger partial charge in [-0.05, 0) is 48.7 Å². The van der Waals surface area contributed by atoms with Crippen LogP contribution in [0, 0.1) is 19.7 Å². The highest BCUT2D eigenvalue weighted by Gasteiger charge is 2.19. The topological polar surface area (TPSA) is 86.3 Å². The fourth-order valence-corrected chi connectivity index (χ4v) is 3.31. The molecular weight excluding hydrogens is 309 g/mol. The minimum Gasteiger partial charge on any atom is -0.545 e. The van der Waals surface area contributed by atoms with E-state index in [1.54, 1.807) is 6.92 Å². The lowest BCUT2D eigenvalue weighted by atomic mass is 10.1. The zero-order chi connectivity index (χ0) is 16.5. The van der Waals surface area contributed by atoms with Gasteiger partial charge in [-0.1, -0.05) is 18.2 Å². The van der Waals surface area contributed by atoms with Crippen molar-refractivity contribution in [2.45, 2.75) is 18.7 Å². The van der Waals surface area contributed by atoms with Crippen LogP contribution in [0.1, 0.15) is 21.5 Å². The van der Waals surface area contributed by atoms with Crippen LogP contribution in [0.2, 0.25) is 0 Å². The third-order valence-electron chi connectivity index (χ3n) is 3.16. The van der Waals surface area contributed by atoms with Crippen molar-refractivity contribution in [1.29, 1.82) is 0 Å². The van der Waals surface area contributed by atoms with Crippen molar-refractivity contribution >= 4 is 21.7 Å². The molecule has 0 bridgehead atoms. The smallest absolute Gasteiger partial charge is 0.262 e. The quantitative estimate of drug-likeness (QED) is 0.926. The molecule has 0 aliphatic rings. The maximum atomic E-state index is 13.3. The minimum absolute atomic E-state index is 0.0956. The molecule has 22 heavy (non-hydrogen) atoms. The zero-order valence-electron chi connectivity index (χ0n) is 11.9. The number of carboxylic acids is 1. The molecule has 0 spiro atoms. The number of anilines is 1. The molecule has 0 heterocycles. The van der Waals surface area contributed by atoms with E-state index in [9.17, 15) is 22.7 Å². The van der Waals surface area contributed by atoms with Crippen LogP contribution in [0.4, 0.5) is 10.1 Å². The molecule has 0 radical (unpaired) electrons. The standard InChI is InChI=1S/C15H14FNO4S/c1-9-4-6-12(16)8-13(9)17-22(20,21)14-7-11(15(18)19)5-3-10(14)2/h3-8,17H,1-2H3,(H,18,19)/p-1. The number of aromatic carboxylic acids is 1. The molecule has 0 fully saturated rings. The van der Waals surface area contributed by atoms with Gasteiger partial charge in [0.2, 0.25) is 0 Å². The van der Waals surface area contributed by atoms with Gasteiger partial charge in [-0.25, -0.2) is 12.8 Å². The highest BCUT2D eigenvalue weighted by molar-refractivity contribution is 7.92. The molecule has 116 valence electrons. The van der Waals surface area contributed by atoms with Gasteiger partial charge in [0.15, 0.2) is 0 Å². The lowest BCUT2D eigenvalue weighted by Crippen LogP contribution is -2.23. The van der Waals surface area contributed by atoms with Crippen molar-refractivity contribution in [2.24, 2.45) is 0 Å². The van der Waals surface area contributed by atoms with Crippen molar-refractivity contribution < 1.29 is 22.7 Å². The number of hydrogen-bond donors (Lipinski definition) is 1. The van der Waals surface area contributed by atoms with Crippen LogP contribution >= 0.6 is 0 Å². The van der Waals surface area contributed by atoms with Crippen molar-refractivity contribution in [3.63, 3.8) is 0 Å². The third-order valence-corrected chi connectivity index (χ3v) is 4.66. The van der Waals surface area contributed by atoms with Gasteiger partial charge >= 0.3 is 0 Å². The van der Waals surface area contributed by atoms with E-state index in [-0.39, 0.29) is 16.1 Å². The Balaban J connectivity index is 2.49. The summed E-state index contributed by atoms with van der Waals surface area (Å²) in [5, 5.41) is 10.9. The number of nitrogens with one attached hydrogen (secondary N) is 1. The van der Waals surface area contributed by atoms with E-state index in [0.717, 1.165) is 12.1 Å². The van der Waals surface area contributed by atoms with Crippen LogP contribution in [-0.2, 0) is 10.0 Å². The molecule has 0 aromatic heterocycles. The number of carboxylic acid groups (broad SMARTS) is 1. The van der Waals surface area contributed by atoms with Crippen LogP contribution in [0.25, 0.3) is 0 Å². The number of carbonyl (C=O) groups excluding carboxylic acids is 1. The monoisotopic (exact) mass is 322 g/mol. The number of benzene rings is 2. The normalized spacial score (nSPS) is 11.2. The Morgan fingerprint density at radius 1 is 1.09 bits per heavy atom. The fourth-order valence-electron chi connectivity index (χ4n) is 1.92. The summed E-state index contributed by atoms with van der Waals surface area (Å²) in [6.45, 7) is 3.16. The lowest BCUT2D eigenvalue weighted by molar-refractivity contribution is -0.255. The van der Waals surface area contributed by atoms with E-state index in [0.29, 0.717) is 11.1 Å². The second kappa shape index (κ2) is 5.76. The van der Waals surface area contributed by atoms with E-state index in [4.69, 9.17) is 0 Å². The Hall–Kier alpha value is -2.41. The Labute approximate surface area is 127 Å². The van der Waals surface area contributed by atoms with Gasteiger partial charge in [-0.3, -0.25) is 4.72 Å². The zero-order valence-corrected chi connectivity index (χ0v) is 12.7. The highest BCUT2D eigenvalue weighted by atomic mass is 32.2. The lowest BCUT2D eigenvalue weighted by Gasteiger charge is -2.14. The molecule has 0 atom stereocenters. The summed E-state index contributed by atoms with van der Waals surface area (Å²) < 4.78 is 40.4. The summed E-state index contributed by atoms with van der Waals surface area (Å²) >= 11 is 0. The van der Waals surface area contributed by atoms with Crippen molar-refractivity contribution in [2.75, 3.05) is 4.72 Å². The minimum atomic E-state index is -4.05. The van der Waals surface area contributed by atoms with Crippen LogP contribution in [0.15, 0.2) is 41.3 Å². The van der Waals surface area contributed by atoms with Gasteiger partial charge in [-0.15, -0.1) is 0 Å². The van der Waals surface area contributed by atoms with Gasteiger partial charge < -0.3 is 9.90 Å². The largest absolute Gasteiger partial charge is 0.545 e. The summed E-state index contributed by atoms with van der Waals surface area (Å²) in [6, 6.07) is 7.37. The number of carbonyl (C=O) groups is 1. The summed E-state index contributed by atoms with van der Waals surface area (Å²) in [5.41, 5.74) is 0.755. The Kier molecular flexibility index (Phi) is 4.18. The van der Waals surface area contributed by atoms with Crippen LogP contribution < -0.4 is 9.83 Å². The van der Waals surface area contributed by atoms with E-state index < -0.39 is 21.8 Å². The van der Waals surface area contributed by atoms with Crippen molar-refractivity contribution in [3.05, 3.63) is 58.9 Å². The van der Waals surface area contributed by atoms with Gasteiger partial charge in [0.05, 0.1) is 16.6 Å². The molecule has 2 aromatic rings. The molecule has 5 nitrogen and oxygen atoms in total. The summed E-state index contributed by atoms with van der Waals surface area (Å²) in [5.74, 6) is -2.05. The van der Waals surface area contributed by atoms with E-state index in [1.165, 1.54) is 31.2 Å². The molecular formula is C15H13FNO4S-. The highest BCUT2D eigenvalue weighted by Crippen LogP contribution is 2.23. The first-order valence-corrected chi connectivity index (χ1v) is 7.80. The fraction of sp³-hybridized carbons (Fsp3) is 0.133. The molecule has 0 unspecified atom stereocenters. The van der Waals surface area contributed by atoms with Gasteiger partial charge in [0.25, 0.3) is 10.0 Å². The first-order valence-electron chi connectivity index (χ1n) is 6.31.